The second kappa shape index (κ2) is 12.5. The van der Waals surface area contributed by atoms with Crippen molar-refractivity contribution in [2.24, 2.45) is 28.6 Å². The molecule has 0 N–H and O–H groups in total. The molecule has 7 nitrogen and oxygen atoms in total. The topological polar surface area (TPSA) is 102 Å². The number of hydrogen-bond acceptors (Lipinski definition) is 7. The van der Waals surface area contributed by atoms with E-state index >= 15 is 0 Å². The third-order valence-corrected chi connectivity index (χ3v) is 9.17. The van der Waals surface area contributed by atoms with Gasteiger partial charge in [0.25, 0.3) is 0 Å². The molecular formula is C26H41NaO7S. The van der Waals surface area contributed by atoms with E-state index in [0.717, 1.165) is 19.3 Å². The summed E-state index contributed by atoms with van der Waals surface area (Å²) in [5, 5.41) is 0. The molecule has 1 saturated carbocycles. The minimum Gasteiger partial charge on any atom is -0.726 e. The van der Waals surface area contributed by atoms with Crippen LogP contribution in [-0.4, -0.2) is 38.9 Å². The van der Waals surface area contributed by atoms with Crippen LogP contribution >= 0.6 is 0 Å². The summed E-state index contributed by atoms with van der Waals surface area (Å²) >= 11 is 0. The van der Waals surface area contributed by atoms with E-state index in [-0.39, 0.29) is 53.5 Å². The molecule has 3 rings (SSSR count). The molecule has 0 aromatic rings. The molecule has 1 fully saturated rings. The first-order chi connectivity index (χ1) is 15.9. The van der Waals surface area contributed by atoms with Crippen molar-refractivity contribution in [3.63, 3.8) is 0 Å². The van der Waals surface area contributed by atoms with Crippen LogP contribution in [0.2, 0.25) is 0 Å². The first kappa shape index (κ1) is 31.0. The molecule has 0 amide bonds. The van der Waals surface area contributed by atoms with Gasteiger partial charge in [0.2, 0.25) is 16.7 Å². The number of cyclic esters (lactones) is 1. The fourth-order valence-corrected chi connectivity index (χ4v) is 6.61. The van der Waals surface area contributed by atoms with Gasteiger partial charge in [-0.2, -0.15) is 0 Å². The Morgan fingerprint density at radius 2 is 1.94 bits per heavy atom. The van der Waals surface area contributed by atoms with E-state index in [1.165, 1.54) is 26.4 Å². The summed E-state index contributed by atoms with van der Waals surface area (Å²) in [6.07, 6.45) is 11.8. The summed E-state index contributed by atoms with van der Waals surface area (Å²) in [5.74, 6) is 0.677. The Morgan fingerprint density at radius 1 is 1.23 bits per heavy atom. The summed E-state index contributed by atoms with van der Waals surface area (Å²) < 4.78 is 48.2. The van der Waals surface area contributed by atoms with Crippen LogP contribution < -0.4 is 29.6 Å². The maximum atomic E-state index is 12.0. The average molecular weight is 521 g/mol. The summed E-state index contributed by atoms with van der Waals surface area (Å²) in [4.78, 5) is 12.0. The largest absolute Gasteiger partial charge is 1.00 e. The van der Waals surface area contributed by atoms with Crippen LogP contribution in [0.1, 0.15) is 85.5 Å². The molecule has 194 valence electrons. The molecule has 9 heteroatoms. The van der Waals surface area contributed by atoms with Crippen molar-refractivity contribution in [2.45, 2.75) is 91.8 Å². The number of carbonyl (C=O) groups is 1. The molecule has 2 unspecified atom stereocenters. The van der Waals surface area contributed by atoms with Gasteiger partial charge in [0.15, 0.2) is 0 Å². The van der Waals surface area contributed by atoms with Gasteiger partial charge in [-0.25, -0.2) is 13.2 Å². The van der Waals surface area contributed by atoms with Gasteiger partial charge in [0, 0.05) is 12.7 Å². The Kier molecular flexibility index (Phi) is 11.1. The van der Waals surface area contributed by atoms with Gasteiger partial charge < -0.3 is 14.0 Å². The van der Waals surface area contributed by atoms with Crippen LogP contribution in [-0.2, 0) is 28.9 Å². The zero-order valence-electron chi connectivity index (χ0n) is 22.3. The molecule has 0 radical (unpaired) electrons. The fraction of sp³-hybridized carbons (Fsp3) is 0.808. The van der Waals surface area contributed by atoms with Crippen molar-refractivity contribution in [1.82, 2.24) is 0 Å². The first-order valence-corrected chi connectivity index (χ1v) is 13.9. The van der Waals surface area contributed by atoms with Crippen molar-refractivity contribution >= 4 is 16.4 Å². The normalized spacial score (nSPS) is 31.0. The van der Waals surface area contributed by atoms with E-state index in [1.54, 1.807) is 11.6 Å². The number of esters is 1. The average Bonchev–Trinajstić information content (AvgIpc) is 3.11. The van der Waals surface area contributed by atoms with Crippen molar-refractivity contribution in [3.8, 4) is 0 Å². The van der Waals surface area contributed by atoms with Crippen molar-refractivity contribution < 1.29 is 61.0 Å². The molecule has 35 heavy (non-hydrogen) atoms. The van der Waals surface area contributed by atoms with E-state index < -0.39 is 16.7 Å². The van der Waals surface area contributed by atoms with Gasteiger partial charge >= 0.3 is 35.5 Å². The van der Waals surface area contributed by atoms with Gasteiger partial charge in [-0.15, -0.1) is 0 Å². The number of methoxy groups -OCH3 is 1. The predicted octanol–water partition coefficient (Wildman–Crippen LogP) is 2.29. The molecule has 0 spiro atoms. The summed E-state index contributed by atoms with van der Waals surface area (Å²) in [7, 11) is -3.27. The van der Waals surface area contributed by atoms with Crippen molar-refractivity contribution in [2.75, 3.05) is 13.7 Å². The van der Waals surface area contributed by atoms with E-state index in [0.29, 0.717) is 42.1 Å². The Hall–Kier alpha value is -0.220. The number of rotatable bonds is 11. The third-order valence-electron chi connectivity index (χ3n) is 8.74. The Bertz CT molecular complexity index is 911. The second-order valence-corrected chi connectivity index (χ2v) is 12.4. The van der Waals surface area contributed by atoms with Gasteiger partial charge in [-0.1, -0.05) is 39.3 Å². The SMILES string of the molecule is COC1C=C(CCCC(CC[C@]2(C)C3=CCCC(C)(C)[C@H]3CC[C@@H]2C)COS(=O)(=O)[O-])C(=O)O1.[Na+]. The number of hydrogen-bond donors (Lipinski definition) is 0. The van der Waals surface area contributed by atoms with E-state index in [1.807, 2.05) is 0 Å². The van der Waals surface area contributed by atoms with Crippen LogP contribution in [0, 0.1) is 28.6 Å². The van der Waals surface area contributed by atoms with Gasteiger partial charge in [0.05, 0.1) is 6.61 Å². The zero-order valence-corrected chi connectivity index (χ0v) is 25.1. The maximum absolute atomic E-state index is 12.0. The standard InChI is InChI=1S/C26H42O7S.Na/c1-18-11-12-21-22(10-7-14-25(21,2)3)26(18,4)15-13-19(17-32-34(28,29)30)8-6-9-20-16-23(31-5)33-24(20)27;/h10,16,18-19,21,23H,6-9,11-15,17H2,1-5H3,(H,28,29,30);/q;+1/p-1/t18-,19?,21-,23?,26-;/m0./s1. The summed E-state index contributed by atoms with van der Waals surface area (Å²) in [6, 6.07) is 0. The number of ether oxygens (including phenoxy) is 2. The van der Waals surface area contributed by atoms with E-state index in [2.05, 4.69) is 38.0 Å². The van der Waals surface area contributed by atoms with Crippen molar-refractivity contribution in [1.29, 1.82) is 0 Å². The Morgan fingerprint density at radius 3 is 2.57 bits per heavy atom. The summed E-state index contributed by atoms with van der Waals surface area (Å²) in [6.45, 7) is 9.34. The third kappa shape index (κ3) is 7.88. The van der Waals surface area contributed by atoms with Crippen LogP contribution in [0.15, 0.2) is 23.3 Å². The number of carbonyl (C=O) groups excluding carboxylic acids is 1. The quantitative estimate of drug-likeness (QED) is 0.135. The number of fused-ring (bicyclic) bond motifs is 1. The minimum atomic E-state index is -4.75. The molecule has 0 aromatic carbocycles. The maximum Gasteiger partial charge on any atom is 1.00 e. The van der Waals surface area contributed by atoms with Crippen molar-refractivity contribution in [3.05, 3.63) is 23.3 Å². The Balaban J connectivity index is 0.00000432. The number of allylic oxidation sites excluding steroid dienone is 2. The molecule has 3 aliphatic rings. The van der Waals surface area contributed by atoms with Gasteiger partial charge in [-0.3, -0.25) is 4.18 Å². The van der Waals surface area contributed by atoms with Crippen LogP contribution in [0.4, 0.5) is 0 Å². The van der Waals surface area contributed by atoms with Crippen LogP contribution in [0.3, 0.4) is 0 Å². The zero-order chi connectivity index (χ0) is 25.1. The van der Waals surface area contributed by atoms with E-state index in [9.17, 15) is 17.8 Å². The monoisotopic (exact) mass is 520 g/mol. The molecule has 0 bridgehead atoms. The van der Waals surface area contributed by atoms with Crippen LogP contribution in [0.5, 0.6) is 0 Å². The van der Waals surface area contributed by atoms with Crippen LogP contribution in [0.25, 0.3) is 0 Å². The second-order valence-electron chi connectivity index (χ2n) is 11.3. The molecule has 2 aliphatic carbocycles. The van der Waals surface area contributed by atoms with Gasteiger partial charge in [-0.05, 0) is 92.4 Å². The molecule has 0 saturated heterocycles. The molecule has 5 atom stereocenters. The predicted molar refractivity (Wildman–Crippen MR) is 128 cm³/mol. The molecule has 1 aliphatic heterocycles. The summed E-state index contributed by atoms with van der Waals surface area (Å²) in [5.41, 5.74) is 2.50. The van der Waals surface area contributed by atoms with Gasteiger partial charge in [0.1, 0.15) is 0 Å². The minimum absolute atomic E-state index is 0. The smallest absolute Gasteiger partial charge is 0.726 e. The Labute approximate surface area is 233 Å². The first-order valence-electron chi connectivity index (χ1n) is 12.6. The fourth-order valence-electron chi connectivity index (χ4n) is 6.25. The molecular weight excluding hydrogens is 479 g/mol. The van der Waals surface area contributed by atoms with E-state index in [4.69, 9.17) is 9.47 Å². The molecule has 0 aromatic heterocycles. The molecule has 1 heterocycles.